The predicted molar refractivity (Wildman–Crippen MR) is 39.1 cm³/mol. The number of carbonyl (C=O) groups is 1. The maximum atomic E-state index is 12.7. The van der Waals surface area contributed by atoms with E-state index in [1.54, 1.807) is 6.07 Å². The van der Waals surface area contributed by atoms with E-state index in [1.165, 1.54) is 18.2 Å². The second-order valence-electron chi connectivity index (χ2n) is 1.96. The number of rotatable bonds is 2. The molecule has 1 amide bonds. The fourth-order valence-electron chi connectivity index (χ4n) is 0.718. The van der Waals surface area contributed by atoms with Crippen molar-refractivity contribution in [2.45, 2.75) is 0 Å². The molecule has 0 aromatic heterocycles. The van der Waals surface area contributed by atoms with Crippen LogP contribution in [0.5, 0.6) is 0 Å². The highest BCUT2D eigenvalue weighted by molar-refractivity contribution is 5.73. The summed E-state index contributed by atoms with van der Waals surface area (Å²) in [6, 6.07) is 5.78. The average Bonchev–Trinajstić information content (AvgIpc) is 2.04. The highest BCUT2D eigenvalue weighted by atomic mass is 19.1. The lowest BCUT2D eigenvalue weighted by Crippen LogP contribution is -2.29. The van der Waals surface area contributed by atoms with Gasteiger partial charge in [0.1, 0.15) is 5.82 Å². The number of para-hydroxylation sites is 1. The Hall–Kier alpha value is -1.42. The van der Waals surface area contributed by atoms with Crippen molar-refractivity contribution in [2.75, 3.05) is 5.01 Å². The third kappa shape index (κ3) is 1.53. The van der Waals surface area contributed by atoms with Gasteiger partial charge in [-0.05, 0) is 12.1 Å². The Morgan fingerprint density at radius 2 is 2.09 bits per heavy atom. The number of nitrogens with zero attached hydrogens (tertiary/aromatic N) is 1. The highest BCUT2D eigenvalue weighted by Gasteiger charge is 2.03. The van der Waals surface area contributed by atoms with Crippen LogP contribution < -0.4 is 10.9 Å². The average molecular weight is 154 g/mol. The smallest absolute Gasteiger partial charge is 0.228 e. The largest absolute Gasteiger partial charge is 0.277 e. The maximum Gasteiger partial charge on any atom is 0.228 e. The van der Waals surface area contributed by atoms with Gasteiger partial charge in [-0.3, -0.25) is 4.79 Å². The van der Waals surface area contributed by atoms with E-state index in [0.717, 1.165) is 0 Å². The van der Waals surface area contributed by atoms with E-state index in [2.05, 4.69) is 0 Å². The van der Waals surface area contributed by atoms with E-state index < -0.39 is 5.82 Å². The van der Waals surface area contributed by atoms with Gasteiger partial charge in [0.05, 0.1) is 5.69 Å². The molecular weight excluding hydrogens is 147 g/mol. The van der Waals surface area contributed by atoms with E-state index >= 15 is 0 Å². The van der Waals surface area contributed by atoms with E-state index in [0.29, 0.717) is 11.4 Å². The van der Waals surface area contributed by atoms with Crippen LogP contribution in [-0.4, -0.2) is 6.41 Å². The summed E-state index contributed by atoms with van der Waals surface area (Å²) in [4.78, 5) is 10.1. The molecule has 4 heteroatoms. The number of nitrogens with two attached hydrogens (primary N) is 1. The highest BCUT2D eigenvalue weighted by Crippen LogP contribution is 2.13. The Bertz CT molecular complexity index is 264. The molecule has 3 nitrogen and oxygen atoms in total. The van der Waals surface area contributed by atoms with Gasteiger partial charge in [0.25, 0.3) is 0 Å². The molecule has 1 rings (SSSR count). The second kappa shape index (κ2) is 3.12. The van der Waals surface area contributed by atoms with Gasteiger partial charge in [0.15, 0.2) is 0 Å². The summed E-state index contributed by atoms with van der Waals surface area (Å²) in [7, 11) is 0. The summed E-state index contributed by atoms with van der Waals surface area (Å²) in [5.41, 5.74) is 0.0718. The van der Waals surface area contributed by atoms with Crippen molar-refractivity contribution in [2.24, 2.45) is 5.84 Å². The molecule has 0 saturated heterocycles. The molecule has 0 bridgehead atoms. The first-order chi connectivity index (χ1) is 5.25. The van der Waals surface area contributed by atoms with Crippen molar-refractivity contribution < 1.29 is 9.18 Å². The zero-order chi connectivity index (χ0) is 8.27. The lowest BCUT2D eigenvalue weighted by molar-refractivity contribution is -0.107. The molecule has 0 heterocycles. The summed E-state index contributed by atoms with van der Waals surface area (Å²) in [5, 5.41) is 0.690. The van der Waals surface area contributed by atoms with Crippen molar-refractivity contribution in [1.82, 2.24) is 0 Å². The van der Waals surface area contributed by atoms with Crippen molar-refractivity contribution >= 4 is 12.1 Å². The van der Waals surface area contributed by atoms with Gasteiger partial charge < -0.3 is 0 Å². The Morgan fingerprint density at radius 1 is 1.45 bits per heavy atom. The van der Waals surface area contributed by atoms with Gasteiger partial charge in [0, 0.05) is 0 Å². The minimum atomic E-state index is -0.512. The van der Waals surface area contributed by atoms with Crippen molar-refractivity contribution in [1.29, 1.82) is 0 Å². The van der Waals surface area contributed by atoms with Gasteiger partial charge in [0.2, 0.25) is 6.41 Å². The molecule has 1 aromatic carbocycles. The van der Waals surface area contributed by atoms with Crippen molar-refractivity contribution in [3.8, 4) is 0 Å². The number of benzene rings is 1. The van der Waals surface area contributed by atoms with Crippen LogP contribution in [0.15, 0.2) is 24.3 Å². The van der Waals surface area contributed by atoms with E-state index in [9.17, 15) is 9.18 Å². The van der Waals surface area contributed by atoms with Crippen LogP contribution >= 0.6 is 0 Å². The fourth-order valence-corrected chi connectivity index (χ4v) is 0.718. The Labute approximate surface area is 63.2 Å². The third-order valence-corrected chi connectivity index (χ3v) is 1.24. The minimum absolute atomic E-state index is 0.0718. The number of amides is 1. The Balaban J connectivity index is 3.02. The van der Waals surface area contributed by atoms with Crippen LogP contribution in [0.1, 0.15) is 0 Å². The SMILES string of the molecule is NN(C=O)c1ccccc1F. The van der Waals surface area contributed by atoms with Crippen LogP contribution in [-0.2, 0) is 4.79 Å². The molecular formula is C7H7FN2O. The first-order valence-electron chi connectivity index (χ1n) is 2.99. The van der Waals surface area contributed by atoms with Crippen molar-refractivity contribution in [3.63, 3.8) is 0 Å². The monoisotopic (exact) mass is 154 g/mol. The zero-order valence-electron chi connectivity index (χ0n) is 5.70. The number of halogens is 1. The molecule has 11 heavy (non-hydrogen) atoms. The summed E-state index contributed by atoms with van der Waals surface area (Å²) >= 11 is 0. The molecule has 0 aliphatic heterocycles. The summed E-state index contributed by atoms with van der Waals surface area (Å²) in [6.45, 7) is 0. The first kappa shape index (κ1) is 7.68. The molecule has 0 saturated carbocycles. The van der Waals surface area contributed by atoms with Crippen molar-refractivity contribution in [3.05, 3.63) is 30.1 Å². The van der Waals surface area contributed by atoms with Gasteiger partial charge in [-0.15, -0.1) is 0 Å². The van der Waals surface area contributed by atoms with E-state index in [-0.39, 0.29) is 5.69 Å². The van der Waals surface area contributed by atoms with Gasteiger partial charge in [-0.25, -0.2) is 15.2 Å². The van der Waals surface area contributed by atoms with E-state index in [4.69, 9.17) is 5.84 Å². The summed E-state index contributed by atoms with van der Waals surface area (Å²) in [6.07, 6.45) is 0.346. The Kier molecular flexibility index (Phi) is 2.18. The molecule has 0 radical (unpaired) electrons. The number of hydrogen-bond acceptors (Lipinski definition) is 2. The first-order valence-corrected chi connectivity index (χ1v) is 2.99. The lowest BCUT2D eigenvalue weighted by Gasteiger charge is -2.09. The topological polar surface area (TPSA) is 46.3 Å². The maximum absolute atomic E-state index is 12.7. The van der Waals surface area contributed by atoms with Gasteiger partial charge in [-0.2, -0.15) is 0 Å². The fraction of sp³-hybridized carbons (Fsp3) is 0. The van der Waals surface area contributed by atoms with Crippen LogP contribution in [0.25, 0.3) is 0 Å². The molecule has 0 atom stereocenters. The van der Waals surface area contributed by atoms with E-state index in [1.807, 2.05) is 0 Å². The lowest BCUT2D eigenvalue weighted by atomic mass is 10.3. The van der Waals surface area contributed by atoms with Crippen LogP contribution in [0, 0.1) is 5.82 Å². The Morgan fingerprint density at radius 3 is 2.64 bits per heavy atom. The third-order valence-electron chi connectivity index (χ3n) is 1.24. The van der Waals surface area contributed by atoms with Gasteiger partial charge >= 0.3 is 0 Å². The molecule has 0 aliphatic carbocycles. The van der Waals surface area contributed by atoms with Gasteiger partial charge in [-0.1, -0.05) is 12.1 Å². The molecule has 0 unspecified atom stereocenters. The minimum Gasteiger partial charge on any atom is -0.277 e. The summed E-state index contributed by atoms with van der Waals surface area (Å²) in [5.74, 6) is 4.61. The number of hydrazine groups is 1. The quantitative estimate of drug-likeness (QED) is 0.294. The number of hydrogen-bond donors (Lipinski definition) is 1. The molecule has 0 aliphatic rings. The number of carbonyl (C=O) groups excluding carboxylic acids is 1. The normalized spacial score (nSPS) is 9.27. The molecule has 58 valence electrons. The number of anilines is 1. The summed E-state index contributed by atoms with van der Waals surface area (Å²) < 4.78 is 12.7. The second-order valence-corrected chi connectivity index (χ2v) is 1.96. The molecule has 0 fully saturated rings. The predicted octanol–water partition coefficient (Wildman–Crippen LogP) is 0.662. The van der Waals surface area contributed by atoms with Crippen LogP contribution in [0.4, 0.5) is 10.1 Å². The molecule has 1 aromatic rings. The van der Waals surface area contributed by atoms with Crippen LogP contribution in [0.3, 0.4) is 0 Å². The molecule has 0 spiro atoms. The molecule has 2 N–H and O–H groups in total. The van der Waals surface area contributed by atoms with Crippen LogP contribution in [0.2, 0.25) is 0 Å². The zero-order valence-corrected chi connectivity index (χ0v) is 5.70. The standard InChI is InChI=1S/C7H7FN2O/c8-6-3-1-2-4-7(6)10(9)5-11/h1-5H,9H2.